The van der Waals surface area contributed by atoms with Gasteiger partial charge in [-0.3, -0.25) is 14.4 Å². The topological polar surface area (TPSA) is 109 Å². The summed E-state index contributed by atoms with van der Waals surface area (Å²) < 4.78 is 22.9. The Morgan fingerprint density at radius 3 is 2.54 bits per heavy atom. The smallest absolute Gasteiger partial charge is 0.333 e. The Labute approximate surface area is 228 Å². The number of hydrogen-bond acceptors (Lipinski definition) is 8. The van der Waals surface area contributed by atoms with Crippen LogP contribution in [-0.4, -0.2) is 36.4 Å². The van der Waals surface area contributed by atoms with Crippen LogP contribution in [0, 0.1) is 39.9 Å². The third-order valence-electron chi connectivity index (χ3n) is 11.0. The lowest BCUT2D eigenvalue weighted by atomic mass is 9.40. The summed E-state index contributed by atoms with van der Waals surface area (Å²) in [5.74, 6) is -2.42. The second kappa shape index (κ2) is 8.67. The number of cyclic esters (lactones) is 2. The van der Waals surface area contributed by atoms with Gasteiger partial charge < -0.3 is 18.6 Å². The summed E-state index contributed by atoms with van der Waals surface area (Å²) in [6, 6.07) is 1.84. The van der Waals surface area contributed by atoms with Crippen LogP contribution in [0.4, 0.5) is 0 Å². The number of rotatable bonds is 3. The maximum Gasteiger partial charge on any atom is 0.333 e. The maximum atomic E-state index is 14.4. The third-order valence-corrected chi connectivity index (χ3v) is 11.0. The summed E-state index contributed by atoms with van der Waals surface area (Å²) in [6.07, 6.45) is 7.43. The van der Waals surface area contributed by atoms with Crippen LogP contribution in [-0.2, 0) is 33.4 Å². The van der Waals surface area contributed by atoms with Crippen LogP contribution in [0.15, 0.2) is 46.3 Å². The quantitative estimate of drug-likeness (QED) is 0.232. The molecule has 39 heavy (non-hydrogen) atoms. The van der Waals surface area contributed by atoms with Gasteiger partial charge in [0.05, 0.1) is 31.3 Å². The van der Waals surface area contributed by atoms with Crippen molar-refractivity contribution < 1.29 is 37.8 Å². The molecule has 0 spiro atoms. The average Bonchev–Trinajstić information content (AvgIpc) is 3.44. The number of allylic oxidation sites excluding steroid dienone is 2. The molecule has 1 aromatic rings. The molecule has 6 rings (SSSR count). The molecule has 8 heteroatoms. The van der Waals surface area contributed by atoms with Crippen LogP contribution in [0.2, 0.25) is 0 Å². The highest BCUT2D eigenvalue weighted by molar-refractivity contribution is 5.95. The molecule has 9 atom stereocenters. The van der Waals surface area contributed by atoms with Crippen LogP contribution in [0.25, 0.3) is 0 Å². The SMILES string of the molecule is CC=C(C)C(=O)O[C@@H]1[C@H]2C=C3[C@@H]4CC(=O)O[C@@H](c5ccoc5)[C@]4(C)CC[C@@H]3[C@@](C)(C2=O)[C@H]2CC(=O)OC[C@]12C. The van der Waals surface area contributed by atoms with E-state index in [1.807, 2.05) is 26.0 Å². The molecule has 0 unspecified atom stereocenters. The lowest BCUT2D eigenvalue weighted by Gasteiger charge is -2.64. The highest BCUT2D eigenvalue weighted by Gasteiger charge is 2.71. The number of ether oxygens (including phenoxy) is 3. The van der Waals surface area contributed by atoms with E-state index in [9.17, 15) is 19.2 Å². The van der Waals surface area contributed by atoms with Crippen molar-refractivity contribution in [1.29, 1.82) is 0 Å². The second-order valence-electron chi connectivity index (χ2n) is 12.8. The normalized spacial score (nSPS) is 43.3. The molecule has 5 aliphatic rings. The minimum absolute atomic E-state index is 0.0118. The van der Waals surface area contributed by atoms with Gasteiger partial charge in [-0.05, 0) is 50.5 Å². The van der Waals surface area contributed by atoms with E-state index < -0.39 is 40.3 Å². The number of fused-ring (bicyclic) bond motifs is 8. The molecule has 208 valence electrons. The summed E-state index contributed by atoms with van der Waals surface area (Å²) >= 11 is 0. The molecule has 2 saturated carbocycles. The van der Waals surface area contributed by atoms with Gasteiger partial charge in [0.15, 0.2) is 0 Å². The first kappa shape index (κ1) is 26.1. The summed E-state index contributed by atoms with van der Waals surface area (Å²) in [5.41, 5.74) is 0.366. The number of Topliss-reactive ketones (excluding diaryl/α,β-unsaturated/α-hetero) is 1. The van der Waals surface area contributed by atoms with Crippen molar-refractivity contribution >= 4 is 23.7 Å². The second-order valence-corrected chi connectivity index (χ2v) is 12.8. The van der Waals surface area contributed by atoms with Crippen molar-refractivity contribution in [3.8, 4) is 0 Å². The van der Waals surface area contributed by atoms with Crippen molar-refractivity contribution in [1.82, 2.24) is 0 Å². The Balaban J connectivity index is 1.50. The fourth-order valence-electron chi connectivity index (χ4n) is 8.69. The van der Waals surface area contributed by atoms with Crippen molar-refractivity contribution in [2.45, 2.75) is 72.5 Å². The zero-order chi connectivity index (χ0) is 27.9. The number of ketones is 1. The molecule has 8 nitrogen and oxygen atoms in total. The Bertz CT molecular complexity index is 1310. The van der Waals surface area contributed by atoms with Gasteiger partial charge in [0, 0.05) is 27.4 Å². The van der Waals surface area contributed by atoms with Crippen molar-refractivity contribution in [3.05, 3.63) is 47.5 Å². The molecule has 2 aliphatic heterocycles. The van der Waals surface area contributed by atoms with Crippen molar-refractivity contribution in [2.75, 3.05) is 6.61 Å². The van der Waals surface area contributed by atoms with Gasteiger partial charge in [0.1, 0.15) is 24.6 Å². The molecule has 2 bridgehead atoms. The molecule has 0 aromatic carbocycles. The lowest BCUT2D eigenvalue weighted by molar-refractivity contribution is -0.217. The highest BCUT2D eigenvalue weighted by Crippen LogP contribution is 2.68. The molecule has 3 aliphatic carbocycles. The van der Waals surface area contributed by atoms with Crippen molar-refractivity contribution in [2.24, 2.45) is 39.9 Å². The zero-order valence-corrected chi connectivity index (χ0v) is 23.2. The largest absolute Gasteiger partial charge is 0.472 e. The zero-order valence-electron chi connectivity index (χ0n) is 23.2. The van der Waals surface area contributed by atoms with Gasteiger partial charge >= 0.3 is 17.9 Å². The summed E-state index contributed by atoms with van der Waals surface area (Å²) in [5, 5.41) is 0. The number of esters is 3. The van der Waals surface area contributed by atoms with Gasteiger partial charge in [0.2, 0.25) is 0 Å². The van der Waals surface area contributed by atoms with Gasteiger partial charge in [-0.2, -0.15) is 0 Å². The summed E-state index contributed by atoms with van der Waals surface area (Å²) in [4.78, 5) is 53.1. The Kier molecular flexibility index (Phi) is 5.80. The first-order valence-electron chi connectivity index (χ1n) is 13.9. The molecule has 1 aromatic heterocycles. The Morgan fingerprint density at radius 2 is 1.85 bits per heavy atom. The van der Waals surface area contributed by atoms with E-state index in [2.05, 4.69) is 6.92 Å². The van der Waals surface area contributed by atoms with Crippen LogP contribution >= 0.6 is 0 Å². The molecule has 0 N–H and O–H groups in total. The van der Waals surface area contributed by atoms with E-state index in [4.69, 9.17) is 18.6 Å². The summed E-state index contributed by atoms with van der Waals surface area (Å²) in [7, 11) is 0. The van der Waals surface area contributed by atoms with Gasteiger partial charge in [0.25, 0.3) is 0 Å². The maximum absolute atomic E-state index is 14.4. The minimum Gasteiger partial charge on any atom is -0.472 e. The third kappa shape index (κ3) is 3.48. The Hall–Kier alpha value is -3.16. The van der Waals surface area contributed by atoms with E-state index in [1.165, 1.54) is 0 Å². The number of hydrogen-bond donors (Lipinski definition) is 0. The highest BCUT2D eigenvalue weighted by atomic mass is 16.6. The molecule has 4 fully saturated rings. The predicted octanol–water partition coefficient (Wildman–Crippen LogP) is 4.89. The monoisotopic (exact) mass is 536 g/mol. The van der Waals surface area contributed by atoms with Crippen LogP contribution in [0.3, 0.4) is 0 Å². The van der Waals surface area contributed by atoms with Crippen LogP contribution < -0.4 is 0 Å². The number of carbonyl (C=O) groups is 4. The first-order chi connectivity index (χ1) is 18.4. The fraction of sp³-hybridized carbons (Fsp3) is 0.613. The molecular formula is C31H36O8. The van der Waals surface area contributed by atoms with Gasteiger partial charge in [-0.1, -0.05) is 38.5 Å². The van der Waals surface area contributed by atoms with Gasteiger partial charge in [-0.15, -0.1) is 0 Å². The molecule has 3 heterocycles. The average molecular weight is 537 g/mol. The van der Waals surface area contributed by atoms with Crippen molar-refractivity contribution in [3.63, 3.8) is 0 Å². The van der Waals surface area contributed by atoms with E-state index in [0.717, 1.165) is 24.0 Å². The van der Waals surface area contributed by atoms with Crippen LogP contribution in [0.5, 0.6) is 0 Å². The molecule has 2 saturated heterocycles. The molecule has 0 radical (unpaired) electrons. The van der Waals surface area contributed by atoms with E-state index in [-0.39, 0.29) is 54.9 Å². The first-order valence-corrected chi connectivity index (χ1v) is 13.9. The van der Waals surface area contributed by atoms with E-state index >= 15 is 0 Å². The molecule has 0 amide bonds. The molecular weight excluding hydrogens is 500 g/mol. The standard InChI is InChI=1S/C31H36O8/c1-6-16(2)28(35)39-27-19-11-18-20(31(5,25(19)34)22-13-23(32)37-15-30(22,27)4)7-9-29(3)21(18)12-24(33)38-26(29)17-8-10-36-14-17/h6,8,10-11,14,19-22,26-27H,7,9,12-13,15H2,1-5H3/t19-,20-,21-,22-,26-,27+,29+,30-,31+/m0/s1. The predicted molar refractivity (Wildman–Crippen MR) is 138 cm³/mol. The fourth-order valence-corrected chi connectivity index (χ4v) is 8.69. The lowest BCUT2D eigenvalue weighted by Crippen LogP contribution is -2.69. The Morgan fingerprint density at radius 1 is 1.08 bits per heavy atom. The van der Waals surface area contributed by atoms with Gasteiger partial charge in [-0.25, -0.2) is 4.79 Å². The summed E-state index contributed by atoms with van der Waals surface area (Å²) in [6.45, 7) is 9.68. The number of furan rings is 1. The minimum atomic E-state index is -0.852. The van der Waals surface area contributed by atoms with E-state index in [1.54, 1.807) is 32.4 Å². The van der Waals surface area contributed by atoms with E-state index in [0.29, 0.717) is 5.57 Å². The number of carbonyl (C=O) groups excluding carboxylic acids is 4. The van der Waals surface area contributed by atoms with Crippen LogP contribution in [0.1, 0.15) is 72.0 Å².